The number of hydrogen-bond acceptors (Lipinski definition) is 4. The zero-order valence-corrected chi connectivity index (χ0v) is 17.5. The first-order valence-electron chi connectivity index (χ1n) is 9.06. The smallest absolute Gasteiger partial charge is 0.242 e. The Labute approximate surface area is 171 Å². The molecule has 1 aliphatic rings. The highest BCUT2D eigenvalue weighted by atomic mass is 35.5. The Morgan fingerprint density at radius 2 is 1.82 bits per heavy atom. The summed E-state index contributed by atoms with van der Waals surface area (Å²) in [6.07, 6.45) is 2.16. The summed E-state index contributed by atoms with van der Waals surface area (Å²) in [4.78, 5) is 14.8. The lowest BCUT2D eigenvalue weighted by atomic mass is 10.2. The first-order valence-corrected chi connectivity index (χ1v) is 10.9. The van der Waals surface area contributed by atoms with E-state index in [-0.39, 0.29) is 17.3 Å². The lowest BCUT2D eigenvalue weighted by Gasteiger charge is -2.21. The van der Waals surface area contributed by atoms with E-state index in [0.29, 0.717) is 23.3 Å². The van der Waals surface area contributed by atoms with Crippen LogP contribution in [0.2, 0.25) is 5.02 Å². The van der Waals surface area contributed by atoms with E-state index < -0.39 is 10.0 Å². The van der Waals surface area contributed by atoms with Gasteiger partial charge in [-0.1, -0.05) is 29.8 Å². The highest BCUT2D eigenvalue weighted by Crippen LogP contribution is 2.28. The molecular formula is C20H24ClN3O3S. The molecule has 0 unspecified atom stereocenters. The van der Waals surface area contributed by atoms with Crippen molar-refractivity contribution in [3.05, 3.63) is 59.1 Å². The van der Waals surface area contributed by atoms with Gasteiger partial charge in [-0.05, 0) is 48.7 Å². The minimum atomic E-state index is -3.55. The molecule has 0 aromatic heterocycles. The van der Waals surface area contributed by atoms with Crippen molar-refractivity contribution < 1.29 is 13.2 Å². The van der Waals surface area contributed by atoms with Crippen LogP contribution in [0, 0.1) is 0 Å². The fourth-order valence-corrected chi connectivity index (χ4v) is 3.98. The van der Waals surface area contributed by atoms with Crippen LogP contribution in [0.25, 0.3) is 0 Å². The average molecular weight is 422 g/mol. The first kappa shape index (κ1) is 20.8. The fourth-order valence-electron chi connectivity index (χ4n) is 2.91. The van der Waals surface area contributed by atoms with Crippen LogP contribution < -0.4 is 5.32 Å². The van der Waals surface area contributed by atoms with Gasteiger partial charge in [0, 0.05) is 37.4 Å². The summed E-state index contributed by atoms with van der Waals surface area (Å²) in [6.45, 7) is 0.919. The Hall–Kier alpha value is -1.93. The van der Waals surface area contributed by atoms with Gasteiger partial charge in [-0.2, -0.15) is 0 Å². The molecule has 1 saturated carbocycles. The number of halogens is 1. The van der Waals surface area contributed by atoms with Crippen molar-refractivity contribution in [1.29, 1.82) is 0 Å². The first-order chi connectivity index (χ1) is 13.3. The predicted molar refractivity (Wildman–Crippen MR) is 111 cm³/mol. The topological polar surface area (TPSA) is 69.7 Å². The third kappa shape index (κ3) is 5.32. The van der Waals surface area contributed by atoms with E-state index in [1.165, 1.54) is 26.2 Å². The van der Waals surface area contributed by atoms with Gasteiger partial charge < -0.3 is 5.32 Å². The lowest BCUT2D eigenvalue weighted by Crippen LogP contribution is -2.34. The van der Waals surface area contributed by atoms with Crippen LogP contribution in [-0.4, -0.2) is 50.2 Å². The quantitative estimate of drug-likeness (QED) is 0.710. The van der Waals surface area contributed by atoms with Crippen LogP contribution in [0.4, 0.5) is 5.69 Å². The molecule has 2 aromatic rings. The molecule has 6 nitrogen and oxygen atoms in total. The Kier molecular flexibility index (Phi) is 6.40. The van der Waals surface area contributed by atoms with Crippen molar-refractivity contribution in [3.8, 4) is 0 Å². The van der Waals surface area contributed by atoms with Gasteiger partial charge in [0.15, 0.2) is 0 Å². The molecule has 1 N–H and O–H groups in total. The molecule has 0 bridgehead atoms. The molecule has 1 aliphatic carbocycles. The second kappa shape index (κ2) is 8.61. The molecule has 0 heterocycles. The molecule has 150 valence electrons. The third-order valence-electron chi connectivity index (χ3n) is 4.61. The van der Waals surface area contributed by atoms with Crippen LogP contribution in [0.1, 0.15) is 18.4 Å². The predicted octanol–water partition coefficient (Wildman–Crippen LogP) is 3.19. The van der Waals surface area contributed by atoms with E-state index in [1.807, 2.05) is 24.3 Å². The van der Waals surface area contributed by atoms with Crippen molar-refractivity contribution in [1.82, 2.24) is 9.21 Å². The molecule has 3 rings (SSSR count). The molecule has 0 atom stereocenters. The highest BCUT2D eigenvalue weighted by Gasteiger charge is 2.30. The van der Waals surface area contributed by atoms with Gasteiger partial charge in [0.25, 0.3) is 0 Å². The second-order valence-electron chi connectivity index (χ2n) is 7.13. The summed E-state index contributed by atoms with van der Waals surface area (Å²) in [5, 5.41) is 3.50. The monoisotopic (exact) mass is 421 g/mol. The maximum absolute atomic E-state index is 12.6. The fraction of sp³-hybridized carbons (Fsp3) is 0.350. The van der Waals surface area contributed by atoms with E-state index in [2.05, 4.69) is 10.2 Å². The van der Waals surface area contributed by atoms with E-state index >= 15 is 0 Å². The van der Waals surface area contributed by atoms with Gasteiger partial charge in [0.05, 0.1) is 11.4 Å². The maximum atomic E-state index is 12.6. The van der Waals surface area contributed by atoms with Crippen LogP contribution in [0.5, 0.6) is 0 Å². The standard InChI is InChI=1S/C20H24ClN3O3S/c1-23(2)28(26,27)19-5-3-4-17(12-19)22-20(25)14-24(18-10-11-18)13-15-6-8-16(21)9-7-15/h3-9,12,18H,10-11,13-14H2,1-2H3,(H,22,25). The number of amides is 1. The summed E-state index contributed by atoms with van der Waals surface area (Å²) in [5.74, 6) is -0.166. The van der Waals surface area contributed by atoms with Crippen LogP contribution in [0.3, 0.4) is 0 Å². The van der Waals surface area contributed by atoms with Gasteiger partial charge in [-0.3, -0.25) is 9.69 Å². The van der Waals surface area contributed by atoms with Crippen molar-refractivity contribution in [2.24, 2.45) is 0 Å². The number of carbonyl (C=O) groups excluding carboxylic acids is 1. The average Bonchev–Trinajstić information content (AvgIpc) is 3.48. The SMILES string of the molecule is CN(C)S(=O)(=O)c1cccc(NC(=O)CN(Cc2ccc(Cl)cc2)C2CC2)c1. The molecule has 0 spiro atoms. The van der Waals surface area contributed by atoms with Crippen LogP contribution >= 0.6 is 11.6 Å². The van der Waals surface area contributed by atoms with Gasteiger partial charge >= 0.3 is 0 Å². The summed E-state index contributed by atoms with van der Waals surface area (Å²) >= 11 is 5.94. The van der Waals surface area contributed by atoms with Gasteiger partial charge in [0.2, 0.25) is 15.9 Å². The minimum Gasteiger partial charge on any atom is -0.325 e. The minimum absolute atomic E-state index is 0.149. The molecule has 0 aliphatic heterocycles. The van der Waals surface area contributed by atoms with E-state index in [9.17, 15) is 13.2 Å². The third-order valence-corrected chi connectivity index (χ3v) is 6.67. The normalized spacial score (nSPS) is 14.5. The summed E-state index contributed by atoms with van der Waals surface area (Å²) in [7, 11) is -0.591. The molecule has 0 saturated heterocycles. The molecular weight excluding hydrogens is 398 g/mol. The number of carbonyl (C=O) groups is 1. The van der Waals surface area contributed by atoms with Crippen molar-refractivity contribution >= 4 is 33.2 Å². The maximum Gasteiger partial charge on any atom is 0.242 e. The number of sulfonamides is 1. The lowest BCUT2D eigenvalue weighted by molar-refractivity contribution is -0.117. The highest BCUT2D eigenvalue weighted by molar-refractivity contribution is 7.89. The van der Waals surface area contributed by atoms with Gasteiger partial charge in [-0.15, -0.1) is 0 Å². The largest absolute Gasteiger partial charge is 0.325 e. The number of benzene rings is 2. The Morgan fingerprint density at radius 3 is 2.43 bits per heavy atom. The molecule has 2 aromatic carbocycles. The number of hydrogen-bond donors (Lipinski definition) is 1. The molecule has 0 radical (unpaired) electrons. The summed E-state index contributed by atoms with van der Waals surface area (Å²) in [5.41, 5.74) is 1.57. The van der Waals surface area contributed by atoms with Crippen molar-refractivity contribution in [2.45, 2.75) is 30.3 Å². The molecule has 28 heavy (non-hydrogen) atoms. The van der Waals surface area contributed by atoms with Crippen LogP contribution in [0.15, 0.2) is 53.4 Å². The zero-order valence-electron chi connectivity index (χ0n) is 15.9. The van der Waals surface area contributed by atoms with Gasteiger partial charge in [-0.25, -0.2) is 12.7 Å². The van der Waals surface area contributed by atoms with E-state index in [0.717, 1.165) is 22.7 Å². The number of anilines is 1. The number of nitrogens with one attached hydrogen (secondary N) is 1. The summed E-state index contributed by atoms with van der Waals surface area (Å²) < 4.78 is 25.7. The van der Waals surface area contributed by atoms with Gasteiger partial charge in [0.1, 0.15) is 0 Å². The van der Waals surface area contributed by atoms with E-state index in [1.54, 1.807) is 12.1 Å². The Morgan fingerprint density at radius 1 is 1.14 bits per heavy atom. The number of rotatable bonds is 8. The second-order valence-corrected chi connectivity index (χ2v) is 9.71. The van der Waals surface area contributed by atoms with Crippen molar-refractivity contribution in [2.75, 3.05) is 26.0 Å². The number of nitrogens with zero attached hydrogens (tertiary/aromatic N) is 2. The Bertz CT molecular complexity index is 941. The Balaban J connectivity index is 1.66. The summed E-state index contributed by atoms with van der Waals surface area (Å²) in [6, 6.07) is 14.3. The zero-order chi connectivity index (χ0) is 20.3. The van der Waals surface area contributed by atoms with E-state index in [4.69, 9.17) is 11.6 Å². The van der Waals surface area contributed by atoms with Crippen molar-refractivity contribution in [3.63, 3.8) is 0 Å². The molecule has 8 heteroatoms. The van der Waals surface area contributed by atoms with Crippen LogP contribution in [-0.2, 0) is 21.4 Å². The molecule has 1 amide bonds. The molecule has 1 fully saturated rings.